The van der Waals surface area contributed by atoms with Crippen LogP contribution in [0.5, 0.6) is 0 Å². The summed E-state index contributed by atoms with van der Waals surface area (Å²) in [6.45, 7) is 0. The van der Waals surface area contributed by atoms with Gasteiger partial charge in [0.1, 0.15) is 0 Å². The van der Waals surface area contributed by atoms with E-state index in [9.17, 15) is 0 Å². The summed E-state index contributed by atoms with van der Waals surface area (Å²) in [5.74, 6) is 0.701. The van der Waals surface area contributed by atoms with Crippen molar-refractivity contribution in [1.29, 1.82) is 0 Å². The first-order chi connectivity index (χ1) is 25.7. The largest absolute Gasteiger partial charge is 0.228 e. The minimum atomic E-state index is 0.701. The molecule has 0 bridgehead atoms. The Kier molecular flexibility index (Phi) is 7.18. The summed E-state index contributed by atoms with van der Waals surface area (Å²) in [5, 5.41) is 9.71. The lowest BCUT2D eigenvalue weighted by Crippen LogP contribution is -1.97. The van der Waals surface area contributed by atoms with Gasteiger partial charge in [-0.2, -0.15) is 0 Å². The number of rotatable bonds is 5. The molecule has 0 spiro atoms. The summed E-state index contributed by atoms with van der Waals surface area (Å²) in [6.07, 6.45) is 0. The number of hydrogen-bond donors (Lipinski definition) is 0. The molecule has 0 atom stereocenters. The molecule has 2 nitrogen and oxygen atoms in total. The second-order valence-corrected chi connectivity index (χ2v) is 13.4. The first kappa shape index (κ1) is 30.0. The zero-order valence-electron chi connectivity index (χ0n) is 28.4. The quantitative estimate of drug-likeness (QED) is 0.136. The first-order valence-corrected chi connectivity index (χ1v) is 17.7. The van der Waals surface area contributed by atoms with Crippen LogP contribution in [0, 0.1) is 0 Å². The van der Waals surface area contributed by atoms with Crippen LogP contribution >= 0.6 is 0 Å². The van der Waals surface area contributed by atoms with Crippen molar-refractivity contribution >= 4 is 43.1 Å². The zero-order valence-corrected chi connectivity index (χ0v) is 28.4. The molecule has 10 aromatic rings. The minimum Gasteiger partial charge on any atom is -0.228 e. The van der Waals surface area contributed by atoms with Gasteiger partial charge in [0.15, 0.2) is 5.82 Å². The Morgan fingerprint density at radius 1 is 0.250 bits per heavy atom. The lowest BCUT2D eigenvalue weighted by Gasteiger charge is -2.15. The Morgan fingerprint density at radius 3 is 1.58 bits per heavy atom. The third-order valence-corrected chi connectivity index (χ3v) is 10.3. The monoisotopic (exact) mass is 660 g/mol. The van der Waals surface area contributed by atoms with Gasteiger partial charge in [0.25, 0.3) is 0 Å². The van der Waals surface area contributed by atoms with Gasteiger partial charge in [-0.05, 0) is 83.5 Å². The first-order valence-electron chi connectivity index (χ1n) is 17.7. The molecule has 0 fully saturated rings. The predicted octanol–water partition coefficient (Wildman–Crippen LogP) is 13.4. The number of nitrogens with zero attached hydrogens (tertiary/aromatic N) is 2. The third-order valence-electron chi connectivity index (χ3n) is 10.3. The molecule has 0 radical (unpaired) electrons. The molecule has 52 heavy (non-hydrogen) atoms. The fourth-order valence-electron chi connectivity index (χ4n) is 7.59. The molecule has 0 amide bonds. The lowest BCUT2D eigenvalue weighted by molar-refractivity contribution is 1.19. The van der Waals surface area contributed by atoms with Crippen LogP contribution in [0.3, 0.4) is 0 Å². The number of aromatic nitrogens is 2. The Balaban J connectivity index is 1.17. The van der Waals surface area contributed by atoms with Crippen molar-refractivity contribution in [3.8, 4) is 56.2 Å². The number of benzene rings is 9. The maximum atomic E-state index is 5.37. The summed E-state index contributed by atoms with van der Waals surface area (Å²) in [6, 6.07) is 69.3. The molecule has 1 heterocycles. The van der Waals surface area contributed by atoms with Crippen molar-refractivity contribution in [2.24, 2.45) is 0 Å². The van der Waals surface area contributed by atoms with Gasteiger partial charge in [0.2, 0.25) is 0 Å². The Bertz CT molecular complexity index is 2930. The highest BCUT2D eigenvalue weighted by atomic mass is 14.9. The maximum Gasteiger partial charge on any atom is 0.160 e. The van der Waals surface area contributed by atoms with Crippen LogP contribution in [-0.2, 0) is 0 Å². The Hall–Kier alpha value is -6.90. The Morgan fingerprint density at radius 2 is 0.788 bits per heavy atom. The highest BCUT2D eigenvalue weighted by molar-refractivity contribution is 6.19. The van der Waals surface area contributed by atoms with Crippen molar-refractivity contribution < 1.29 is 0 Å². The third kappa shape index (κ3) is 5.30. The van der Waals surface area contributed by atoms with Crippen molar-refractivity contribution in [2.45, 2.75) is 0 Å². The van der Waals surface area contributed by atoms with Crippen molar-refractivity contribution in [3.63, 3.8) is 0 Å². The molecule has 242 valence electrons. The van der Waals surface area contributed by atoms with E-state index in [1.165, 1.54) is 59.8 Å². The van der Waals surface area contributed by atoms with E-state index in [1.807, 2.05) is 6.07 Å². The van der Waals surface area contributed by atoms with Gasteiger partial charge in [-0.1, -0.05) is 176 Å². The van der Waals surface area contributed by atoms with E-state index in [2.05, 4.69) is 188 Å². The normalized spacial score (nSPS) is 11.5. The predicted molar refractivity (Wildman–Crippen MR) is 219 cm³/mol. The van der Waals surface area contributed by atoms with Crippen molar-refractivity contribution in [1.82, 2.24) is 9.97 Å². The standard InChI is InChI=1S/C50H32N2/c1-2-10-33(11-3-1)35-20-25-39(26-21-35)50-51-47(38-23-18-36(19-24-38)41-27-22-34-12-4-5-14-40(34)30-41)32-48(52-50)49-44-17-9-7-15-42(44)31-46-43-16-8-6-13-37(43)28-29-45(46)49/h1-32H. The van der Waals surface area contributed by atoms with Crippen LogP contribution in [0.4, 0.5) is 0 Å². The van der Waals surface area contributed by atoms with E-state index in [4.69, 9.17) is 9.97 Å². The molecule has 0 saturated heterocycles. The fourth-order valence-corrected chi connectivity index (χ4v) is 7.59. The average molecular weight is 661 g/mol. The van der Waals surface area contributed by atoms with Crippen LogP contribution in [0.1, 0.15) is 0 Å². The van der Waals surface area contributed by atoms with Gasteiger partial charge in [0, 0.05) is 16.7 Å². The number of hydrogen-bond acceptors (Lipinski definition) is 2. The molecule has 0 aliphatic heterocycles. The van der Waals surface area contributed by atoms with Crippen LogP contribution in [0.15, 0.2) is 194 Å². The van der Waals surface area contributed by atoms with Gasteiger partial charge in [-0.15, -0.1) is 0 Å². The zero-order chi connectivity index (χ0) is 34.4. The smallest absolute Gasteiger partial charge is 0.160 e. The van der Waals surface area contributed by atoms with Crippen LogP contribution in [0.25, 0.3) is 99.2 Å². The molecular formula is C50H32N2. The van der Waals surface area contributed by atoms with E-state index >= 15 is 0 Å². The second-order valence-electron chi connectivity index (χ2n) is 13.4. The van der Waals surface area contributed by atoms with E-state index in [0.29, 0.717) is 5.82 Å². The molecule has 1 aromatic heterocycles. The van der Waals surface area contributed by atoms with Gasteiger partial charge in [0.05, 0.1) is 11.4 Å². The van der Waals surface area contributed by atoms with E-state index in [-0.39, 0.29) is 0 Å². The van der Waals surface area contributed by atoms with Gasteiger partial charge >= 0.3 is 0 Å². The maximum absolute atomic E-state index is 5.37. The van der Waals surface area contributed by atoms with Crippen LogP contribution < -0.4 is 0 Å². The highest BCUT2D eigenvalue weighted by Gasteiger charge is 2.17. The van der Waals surface area contributed by atoms with Crippen molar-refractivity contribution in [3.05, 3.63) is 194 Å². The Labute approximate surface area is 302 Å². The summed E-state index contributed by atoms with van der Waals surface area (Å²) < 4.78 is 0. The topological polar surface area (TPSA) is 25.8 Å². The van der Waals surface area contributed by atoms with Crippen LogP contribution in [-0.4, -0.2) is 9.97 Å². The van der Waals surface area contributed by atoms with Gasteiger partial charge < -0.3 is 0 Å². The van der Waals surface area contributed by atoms with Gasteiger partial charge in [-0.25, -0.2) is 9.97 Å². The average Bonchev–Trinajstić information content (AvgIpc) is 3.23. The lowest BCUT2D eigenvalue weighted by atomic mass is 9.91. The fraction of sp³-hybridized carbons (Fsp3) is 0. The molecule has 2 heteroatoms. The molecule has 10 rings (SSSR count). The van der Waals surface area contributed by atoms with Crippen LogP contribution in [0.2, 0.25) is 0 Å². The summed E-state index contributed by atoms with van der Waals surface area (Å²) in [5.41, 5.74) is 9.66. The summed E-state index contributed by atoms with van der Waals surface area (Å²) >= 11 is 0. The summed E-state index contributed by atoms with van der Waals surface area (Å²) in [7, 11) is 0. The SMILES string of the molecule is c1ccc(-c2ccc(-c3nc(-c4ccc(-c5ccc6ccccc6c5)cc4)cc(-c4c5ccccc5cc5c4ccc4ccccc45)n3)cc2)cc1. The summed E-state index contributed by atoms with van der Waals surface area (Å²) in [4.78, 5) is 10.6. The number of fused-ring (bicyclic) bond motifs is 5. The highest BCUT2D eigenvalue weighted by Crippen LogP contribution is 2.40. The molecular weight excluding hydrogens is 629 g/mol. The van der Waals surface area contributed by atoms with E-state index in [0.717, 1.165) is 33.6 Å². The van der Waals surface area contributed by atoms with Crippen molar-refractivity contribution in [2.75, 3.05) is 0 Å². The second kappa shape index (κ2) is 12.5. The molecule has 9 aromatic carbocycles. The molecule has 0 saturated carbocycles. The molecule has 0 aliphatic carbocycles. The van der Waals surface area contributed by atoms with Gasteiger partial charge in [-0.3, -0.25) is 0 Å². The molecule has 0 unspecified atom stereocenters. The molecule has 0 aliphatic rings. The van der Waals surface area contributed by atoms with E-state index in [1.54, 1.807) is 0 Å². The minimum absolute atomic E-state index is 0.701. The molecule has 0 N–H and O–H groups in total. The van der Waals surface area contributed by atoms with E-state index < -0.39 is 0 Å².